The Kier molecular flexibility index (Phi) is 11.4. The number of carboxylic acid groups (broad SMARTS) is 1. The van der Waals surface area contributed by atoms with Crippen molar-refractivity contribution >= 4 is 17.8 Å². The van der Waals surface area contributed by atoms with Gasteiger partial charge in [-0.1, -0.05) is 6.07 Å². The third-order valence-electron chi connectivity index (χ3n) is 7.27. The van der Waals surface area contributed by atoms with E-state index in [0.29, 0.717) is 13.0 Å². The second-order valence-corrected chi connectivity index (χ2v) is 11.0. The van der Waals surface area contributed by atoms with Gasteiger partial charge in [-0.3, -0.25) is 0 Å². The topological polar surface area (TPSA) is 107 Å². The first-order chi connectivity index (χ1) is 17.7. The number of ether oxygens (including phenoxy) is 1. The molecule has 208 valence electrons. The Morgan fingerprint density at radius 1 is 1.16 bits per heavy atom. The van der Waals surface area contributed by atoms with Crippen LogP contribution in [-0.2, 0) is 22.4 Å². The van der Waals surface area contributed by atoms with Crippen LogP contribution < -0.4 is 10.6 Å². The van der Waals surface area contributed by atoms with Crippen molar-refractivity contribution in [1.82, 2.24) is 20.1 Å². The number of carbonyl (C=O) groups excluding carboxylic acids is 1. The second-order valence-electron chi connectivity index (χ2n) is 11.0. The zero-order valence-electron chi connectivity index (χ0n) is 23.2. The Morgan fingerprint density at radius 3 is 2.62 bits per heavy atom. The Morgan fingerprint density at radius 2 is 1.95 bits per heavy atom. The van der Waals surface area contributed by atoms with Crippen molar-refractivity contribution < 1.29 is 19.4 Å². The van der Waals surface area contributed by atoms with E-state index >= 15 is 0 Å². The molecule has 1 saturated heterocycles. The Hall–Kier alpha value is -2.39. The molecule has 3 heterocycles. The molecule has 2 atom stereocenters. The van der Waals surface area contributed by atoms with Crippen LogP contribution >= 0.6 is 0 Å². The summed E-state index contributed by atoms with van der Waals surface area (Å²) in [6.45, 7) is 11.8. The molecule has 3 rings (SSSR count). The fourth-order valence-corrected chi connectivity index (χ4v) is 5.38. The van der Waals surface area contributed by atoms with Gasteiger partial charge in [0.1, 0.15) is 11.9 Å². The summed E-state index contributed by atoms with van der Waals surface area (Å²) in [5.74, 6) is 0.0454. The molecule has 9 heteroatoms. The zero-order valence-corrected chi connectivity index (χ0v) is 23.2. The van der Waals surface area contributed by atoms with Gasteiger partial charge in [0.05, 0.1) is 6.10 Å². The first-order valence-corrected chi connectivity index (χ1v) is 14.1. The molecule has 2 aliphatic heterocycles. The molecule has 0 aliphatic carbocycles. The standard InChI is InChI=1S/C28H47N5O4/c1-20(2)33(21(3)4)28(36)31-25(27(34)35)14-17-32(19-24-11-8-18-37-24)16-6-5-10-23-13-12-22-9-7-15-29-26(22)30-23/h12-13,20-21,24-25H,5-11,14-19H2,1-4H3,(H,29,30)(H,31,36)(H,34,35)/t24-,25+/m1/s1. The largest absolute Gasteiger partial charge is 0.480 e. The molecule has 0 bridgehead atoms. The van der Waals surface area contributed by atoms with Crippen LogP contribution in [0, 0.1) is 0 Å². The van der Waals surface area contributed by atoms with E-state index in [2.05, 4.69) is 27.7 Å². The third-order valence-corrected chi connectivity index (χ3v) is 7.27. The molecule has 2 amide bonds. The van der Waals surface area contributed by atoms with Crippen LogP contribution in [0.15, 0.2) is 12.1 Å². The van der Waals surface area contributed by atoms with Gasteiger partial charge in [-0.25, -0.2) is 14.6 Å². The molecule has 0 spiro atoms. The Labute approximate surface area is 222 Å². The SMILES string of the molecule is CC(C)N(C(=O)N[C@@H](CCN(CCCCc1ccc2c(n1)NCCC2)C[C@H]1CCCO1)C(=O)O)C(C)C. The summed E-state index contributed by atoms with van der Waals surface area (Å²) in [5, 5.41) is 16.0. The van der Waals surface area contributed by atoms with Crippen LogP contribution in [0.2, 0.25) is 0 Å². The smallest absolute Gasteiger partial charge is 0.326 e. The highest BCUT2D eigenvalue weighted by molar-refractivity contribution is 5.82. The van der Waals surface area contributed by atoms with Crippen LogP contribution in [0.1, 0.15) is 77.5 Å². The van der Waals surface area contributed by atoms with Crippen molar-refractivity contribution in [2.24, 2.45) is 0 Å². The first kappa shape index (κ1) is 29.2. The van der Waals surface area contributed by atoms with Crippen molar-refractivity contribution in [2.45, 2.75) is 103 Å². The molecule has 0 aromatic carbocycles. The van der Waals surface area contributed by atoms with Gasteiger partial charge in [0.25, 0.3) is 0 Å². The van der Waals surface area contributed by atoms with Crippen LogP contribution in [-0.4, -0.2) is 88.9 Å². The summed E-state index contributed by atoms with van der Waals surface area (Å²) >= 11 is 0. The number of carbonyl (C=O) groups is 2. The number of hydrogen-bond acceptors (Lipinski definition) is 6. The molecule has 1 aromatic heterocycles. The highest BCUT2D eigenvalue weighted by Crippen LogP contribution is 2.20. The van der Waals surface area contributed by atoms with Crippen molar-refractivity contribution in [3.63, 3.8) is 0 Å². The maximum Gasteiger partial charge on any atom is 0.326 e. The third kappa shape index (κ3) is 9.14. The van der Waals surface area contributed by atoms with E-state index in [1.165, 1.54) is 5.56 Å². The van der Waals surface area contributed by atoms with Gasteiger partial charge < -0.3 is 30.3 Å². The van der Waals surface area contributed by atoms with Crippen LogP contribution in [0.3, 0.4) is 0 Å². The molecule has 0 radical (unpaired) electrons. The number of aryl methyl sites for hydroxylation is 2. The van der Waals surface area contributed by atoms with Gasteiger partial charge in [-0.2, -0.15) is 0 Å². The van der Waals surface area contributed by atoms with Gasteiger partial charge in [-0.15, -0.1) is 0 Å². The minimum Gasteiger partial charge on any atom is -0.480 e. The van der Waals surface area contributed by atoms with E-state index in [1.807, 2.05) is 27.7 Å². The van der Waals surface area contributed by atoms with Crippen molar-refractivity contribution in [1.29, 1.82) is 0 Å². The first-order valence-electron chi connectivity index (χ1n) is 14.1. The van der Waals surface area contributed by atoms with E-state index in [-0.39, 0.29) is 24.2 Å². The number of pyridine rings is 1. The minimum atomic E-state index is -0.995. The number of amides is 2. The predicted molar refractivity (Wildman–Crippen MR) is 146 cm³/mol. The number of unbranched alkanes of at least 4 members (excludes halogenated alkanes) is 1. The number of aromatic nitrogens is 1. The second kappa shape index (κ2) is 14.5. The summed E-state index contributed by atoms with van der Waals surface area (Å²) in [6.07, 6.45) is 7.87. The average molecular weight is 518 g/mol. The van der Waals surface area contributed by atoms with Gasteiger partial charge in [0, 0.05) is 44.0 Å². The number of rotatable bonds is 14. The van der Waals surface area contributed by atoms with Crippen LogP contribution in [0.5, 0.6) is 0 Å². The van der Waals surface area contributed by atoms with Gasteiger partial charge >= 0.3 is 12.0 Å². The summed E-state index contributed by atoms with van der Waals surface area (Å²) in [4.78, 5) is 33.6. The number of urea groups is 1. The molecule has 37 heavy (non-hydrogen) atoms. The fourth-order valence-electron chi connectivity index (χ4n) is 5.38. The number of nitrogens with zero attached hydrogens (tertiary/aromatic N) is 3. The van der Waals surface area contributed by atoms with Gasteiger partial charge in [0.15, 0.2) is 0 Å². The van der Waals surface area contributed by atoms with Crippen LogP contribution in [0.25, 0.3) is 0 Å². The fraction of sp³-hybridized carbons (Fsp3) is 0.750. The van der Waals surface area contributed by atoms with E-state index in [4.69, 9.17) is 9.72 Å². The molecule has 1 aromatic rings. The van der Waals surface area contributed by atoms with Crippen LogP contribution in [0.4, 0.5) is 10.6 Å². The number of fused-ring (bicyclic) bond motifs is 1. The highest BCUT2D eigenvalue weighted by atomic mass is 16.5. The van der Waals surface area contributed by atoms with E-state index in [9.17, 15) is 14.7 Å². The number of hydrogen-bond donors (Lipinski definition) is 3. The highest BCUT2D eigenvalue weighted by Gasteiger charge is 2.27. The summed E-state index contributed by atoms with van der Waals surface area (Å²) in [5.41, 5.74) is 2.43. The van der Waals surface area contributed by atoms with E-state index in [0.717, 1.165) is 82.7 Å². The maximum atomic E-state index is 12.8. The summed E-state index contributed by atoms with van der Waals surface area (Å²) in [7, 11) is 0. The minimum absolute atomic E-state index is 0.00848. The van der Waals surface area contributed by atoms with E-state index in [1.54, 1.807) is 4.90 Å². The zero-order chi connectivity index (χ0) is 26.8. The molecule has 2 aliphatic rings. The normalized spacial score (nSPS) is 18.1. The quantitative estimate of drug-likeness (QED) is 0.321. The number of aliphatic carboxylic acids is 1. The number of anilines is 1. The summed E-state index contributed by atoms with van der Waals surface area (Å²) < 4.78 is 5.86. The lowest BCUT2D eigenvalue weighted by Crippen LogP contribution is -2.53. The Bertz CT molecular complexity index is 864. The lowest BCUT2D eigenvalue weighted by Gasteiger charge is -2.32. The van der Waals surface area contributed by atoms with Crippen molar-refractivity contribution in [3.8, 4) is 0 Å². The predicted octanol–water partition coefficient (Wildman–Crippen LogP) is 3.92. The molecule has 1 fully saturated rings. The summed E-state index contributed by atoms with van der Waals surface area (Å²) in [6, 6.07) is 3.08. The molecule has 0 unspecified atom stereocenters. The molecular weight excluding hydrogens is 470 g/mol. The van der Waals surface area contributed by atoms with Crippen molar-refractivity contribution in [2.75, 3.05) is 38.1 Å². The maximum absolute atomic E-state index is 12.8. The number of nitrogens with one attached hydrogen (secondary N) is 2. The van der Waals surface area contributed by atoms with Crippen molar-refractivity contribution in [3.05, 3.63) is 23.4 Å². The number of carboxylic acids is 1. The van der Waals surface area contributed by atoms with Gasteiger partial charge in [-0.05, 0) is 97.2 Å². The monoisotopic (exact) mass is 517 g/mol. The average Bonchev–Trinajstić information content (AvgIpc) is 3.36. The van der Waals surface area contributed by atoms with Gasteiger partial charge in [0.2, 0.25) is 0 Å². The molecule has 9 nitrogen and oxygen atoms in total. The Balaban J connectivity index is 1.52. The van der Waals surface area contributed by atoms with E-state index < -0.39 is 12.0 Å². The molecular formula is C28H47N5O4. The lowest BCUT2D eigenvalue weighted by molar-refractivity contribution is -0.139. The molecule has 0 saturated carbocycles. The molecule has 3 N–H and O–H groups in total. The lowest BCUT2D eigenvalue weighted by atomic mass is 10.1.